The number of carbonyl (C=O) groups is 1. The Balaban J connectivity index is 0.000000310. The zero-order valence-corrected chi connectivity index (χ0v) is 17.7. The zero-order valence-electron chi connectivity index (χ0n) is 15.2. The maximum atomic E-state index is 11.8. The Morgan fingerprint density at radius 2 is 1.33 bits per heavy atom. The quantitative estimate of drug-likeness (QED) is 0.315. The largest absolute Gasteiger partial charge is 3.00 e. The molecule has 27 heavy (non-hydrogen) atoms. The van der Waals surface area contributed by atoms with Gasteiger partial charge in [-0.1, -0.05) is 66.4 Å². The molecular formula is C22H21EuN2O2+2. The summed E-state index contributed by atoms with van der Waals surface area (Å²) in [6, 6.07) is 21.5. The molecule has 0 spiro atoms. The first kappa shape index (κ1) is 23.2. The topological polar surface area (TPSA) is 56.3 Å². The van der Waals surface area contributed by atoms with Crippen molar-refractivity contribution in [1.29, 1.82) is 0 Å². The second-order valence-corrected chi connectivity index (χ2v) is 5.70. The second kappa shape index (κ2) is 12.5. The van der Waals surface area contributed by atoms with Gasteiger partial charge >= 0.3 is 49.4 Å². The number of anilines is 1. The van der Waals surface area contributed by atoms with Crippen LogP contribution < -0.4 is 10.0 Å². The van der Waals surface area contributed by atoms with Crippen LogP contribution in [0.4, 0.5) is 5.69 Å². The smallest absolute Gasteiger partial charge is 0.872 e. The van der Waals surface area contributed by atoms with E-state index in [1.54, 1.807) is 60.9 Å². The number of hydrogen-bond acceptors (Lipinski definition) is 4. The minimum absolute atomic E-state index is 0. The molecule has 4 nitrogen and oxygen atoms in total. The molecule has 0 amide bonds. The van der Waals surface area contributed by atoms with Gasteiger partial charge in [-0.25, -0.2) is 0 Å². The molecule has 2 aromatic carbocycles. The third kappa shape index (κ3) is 8.16. The van der Waals surface area contributed by atoms with Gasteiger partial charge in [0.1, 0.15) is 0 Å². The number of benzene rings is 2. The van der Waals surface area contributed by atoms with Crippen LogP contribution in [0.15, 0.2) is 91.3 Å². The Morgan fingerprint density at radius 1 is 0.852 bits per heavy atom. The van der Waals surface area contributed by atoms with Crippen LogP contribution >= 0.6 is 0 Å². The standard InChI is InChI=1S/C15H12O2.C7H10N2.Eu/c16-14(12-7-3-1-4-8-12)11-15(17)13-9-5-2-6-10-13;1-9(2)7-3-5-8-6-4-7;/h1-11,16H;3-6H,1-2H3;/q;;+3/p-1/b14-11-;;. The molecule has 0 bridgehead atoms. The van der Waals surface area contributed by atoms with Crippen molar-refractivity contribution >= 4 is 17.2 Å². The van der Waals surface area contributed by atoms with Crippen molar-refractivity contribution in [1.82, 2.24) is 4.98 Å². The van der Waals surface area contributed by atoms with Crippen LogP contribution in [0.2, 0.25) is 0 Å². The summed E-state index contributed by atoms with van der Waals surface area (Å²) < 4.78 is 0. The van der Waals surface area contributed by atoms with E-state index in [-0.39, 0.29) is 60.9 Å². The Bertz CT molecular complexity index is 836. The zero-order chi connectivity index (χ0) is 18.8. The van der Waals surface area contributed by atoms with Gasteiger partial charge in [0.15, 0.2) is 5.78 Å². The normalized spacial score (nSPS) is 10.1. The van der Waals surface area contributed by atoms with Gasteiger partial charge in [-0.15, -0.1) is 0 Å². The maximum absolute atomic E-state index is 11.8. The second-order valence-electron chi connectivity index (χ2n) is 5.70. The SMILES string of the molecule is CN(C)c1ccncc1.O=C(/C=C(\[O-])c1ccccc1)c1ccccc1.[Eu+3]. The number of pyridine rings is 1. The van der Waals surface area contributed by atoms with E-state index in [9.17, 15) is 9.90 Å². The van der Waals surface area contributed by atoms with Gasteiger partial charge in [-0.05, 0) is 23.8 Å². The van der Waals surface area contributed by atoms with Crippen molar-refractivity contribution < 1.29 is 59.3 Å². The van der Waals surface area contributed by atoms with Crippen LogP contribution in [0, 0.1) is 49.4 Å². The molecule has 5 heteroatoms. The number of carbonyl (C=O) groups excluding carboxylic acids is 1. The fourth-order valence-corrected chi connectivity index (χ4v) is 2.13. The molecule has 0 aliphatic carbocycles. The van der Waals surface area contributed by atoms with Crippen molar-refractivity contribution in [3.05, 3.63) is 102 Å². The molecule has 0 saturated carbocycles. The molecule has 0 atom stereocenters. The van der Waals surface area contributed by atoms with Gasteiger partial charge < -0.3 is 10.0 Å². The van der Waals surface area contributed by atoms with Gasteiger partial charge in [0.25, 0.3) is 0 Å². The predicted octanol–water partition coefficient (Wildman–Crippen LogP) is 3.42. The number of ketones is 1. The van der Waals surface area contributed by atoms with E-state index in [0.717, 1.165) is 6.08 Å². The summed E-state index contributed by atoms with van der Waals surface area (Å²) in [5.41, 5.74) is 2.23. The average Bonchev–Trinajstić information content (AvgIpc) is 2.70. The minimum Gasteiger partial charge on any atom is -0.872 e. The summed E-state index contributed by atoms with van der Waals surface area (Å²) >= 11 is 0. The summed E-state index contributed by atoms with van der Waals surface area (Å²) in [4.78, 5) is 17.7. The number of aromatic nitrogens is 1. The Morgan fingerprint density at radius 3 is 1.78 bits per heavy atom. The molecule has 0 aliphatic rings. The molecule has 1 aromatic heterocycles. The average molecular weight is 497 g/mol. The Kier molecular flexibility index (Phi) is 10.8. The van der Waals surface area contributed by atoms with Crippen LogP contribution in [0.25, 0.3) is 5.76 Å². The van der Waals surface area contributed by atoms with Crippen LogP contribution in [0.5, 0.6) is 0 Å². The summed E-state index contributed by atoms with van der Waals surface area (Å²) in [5.74, 6) is -0.529. The number of allylic oxidation sites excluding steroid dienone is 1. The van der Waals surface area contributed by atoms with Gasteiger partial charge in [-0.3, -0.25) is 9.78 Å². The number of nitrogens with zero attached hydrogens (tertiary/aromatic N) is 2. The third-order valence-corrected chi connectivity index (χ3v) is 3.56. The van der Waals surface area contributed by atoms with Crippen LogP contribution in [-0.2, 0) is 0 Å². The first-order valence-corrected chi connectivity index (χ1v) is 8.19. The fraction of sp³-hybridized carbons (Fsp3) is 0.0909. The summed E-state index contributed by atoms with van der Waals surface area (Å²) in [6.07, 6.45) is 4.70. The van der Waals surface area contributed by atoms with Gasteiger partial charge in [-0.2, -0.15) is 0 Å². The molecule has 0 aliphatic heterocycles. The molecule has 0 saturated heterocycles. The molecule has 0 N–H and O–H groups in total. The fourth-order valence-electron chi connectivity index (χ4n) is 2.13. The van der Waals surface area contributed by atoms with Crippen molar-refractivity contribution in [2.24, 2.45) is 0 Å². The first-order valence-electron chi connectivity index (χ1n) is 8.19. The van der Waals surface area contributed by atoms with Crippen LogP contribution in [0.3, 0.4) is 0 Å². The Labute approximate surface area is 201 Å². The van der Waals surface area contributed by atoms with E-state index in [1.165, 1.54) is 5.69 Å². The maximum Gasteiger partial charge on any atom is 3.00 e. The molecule has 1 heterocycles. The van der Waals surface area contributed by atoms with Gasteiger partial charge in [0.05, 0.1) is 0 Å². The number of rotatable bonds is 4. The minimum atomic E-state index is -0.264. The molecule has 3 aromatic rings. The van der Waals surface area contributed by atoms with Crippen molar-refractivity contribution in [3.8, 4) is 0 Å². The van der Waals surface area contributed by atoms with Crippen LogP contribution in [0.1, 0.15) is 15.9 Å². The monoisotopic (exact) mass is 498 g/mol. The van der Waals surface area contributed by atoms with E-state index in [4.69, 9.17) is 0 Å². The van der Waals surface area contributed by atoms with E-state index in [2.05, 4.69) is 4.98 Å². The molecular weight excluding hydrogens is 476 g/mol. The summed E-state index contributed by atoms with van der Waals surface area (Å²) in [5, 5.41) is 11.8. The molecule has 136 valence electrons. The van der Waals surface area contributed by atoms with E-state index in [0.29, 0.717) is 11.1 Å². The Hall–Kier alpha value is -1.82. The first-order chi connectivity index (χ1) is 12.6. The molecule has 0 unspecified atom stereocenters. The summed E-state index contributed by atoms with van der Waals surface area (Å²) in [6.45, 7) is 0. The van der Waals surface area contributed by atoms with Crippen molar-refractivity contribution in [3.63, 3.8) is 0 Å². The molecule has 0 radical (unpaired) electrons. The summed E-state index contributed by atoms with van der Waals surface area (Å²) in [7, 11) is 4.02. The van der Waals surface area contributed by atoms with Gasteiger partial charge in [0, 0.05) is 37.7 Å². The van der Waals surface area contributed by atoms with Crippen molar-refractivity contribution in [2.75, 3.05) is 19.0 Å². The van der Waals surface area contributed by atoms with Gasteiger partial charge in [0.2, 0.25) is 0 Å². The number of hydrogen-bond donors (Lipinski definition) is 0. The molecule has 0 fully saturated rings. The van der Waals surface area contributed by atoms with Crippen LogP contribution in [-0.4, -0.2) is 24.9 Å². The van der Waals surface area contributed by atoms with E-state index in [1.807, 2.05) is 43.3 Å². The molecule has 3 rings (SSSR count). The van der Waals surface area contributed by atoms with E-state index < -0.39 is 0 Å². The van der Waals surface area contributed by atoms with Crippen molar-refractivity contribution in [2.45, 2.75) is 0 Å². The third-order valence-electron chi connectivity index (χ3n) is 3.56. The van der Waals surface area contributed by atoms with E-state index >= 15 is 0 Å². The predicted molar refractivity (Wildman–Crippen MR) is 104 cm³/mol.